The van der Waals surface area contributed by atoms with Crippen LogP contribution in [0.4, 0.5) is 4.79 Å². The van der Waals surface area contributed by atoms with Crippen molar-refractivity contribution in [2.24, 2.45) is 0 Å². The maximum atomic E-state index is 11.2. The van der Waals surface area contributed by atoms with E-state index in [0.717, 1.165) is 12.8 Å². The van der Waals surface area contributed by atoms with Crippen molar-refractivity contribution in [3.63, 3.8) is 0 Å². The minimum absolute atomic E-state index is 0.113. The Morgan fingerprint density at radius 1 is 1.28 bits per heavy atom. The van der Waals surface area contributed by atoms with Crippen LogP contribution >= 0.6 is 0 Å². The summed E-state index contributed by atoms with van der Waals surface area (Å²) in [6.07, 6.45) is 2.13. The van der Waals surface area contributed by atoms with E-state index in [-0.39, 0.29) is 24.9 Å². The number of aliphatic hydroxyl groups is 1. The molecule has 0 unspecified atom stereocenters. The van der Waals surface area contributed by atoms with Crippen molar-refractivity contribution >= 4 is 17.9 Å². The van der Waals surface area contributed by atoms with E-state index in [0.29, 0.717) is 0 Å². The molecule has 0 bridgehead atoms. The number of aliphatic carboxylic acids is 1. The average Bonchev–Trinajstić information content (AvgIpc) is 3.09. The number of urea groups is 1. The van der Waals surface area contributed by atoms with Gasteiger partial charge >= 0.3 is 12.0 Å². The fourth-order valence-corrected chi connectivity index (χ4v) is 1.21. The SMILES string of the molecule is O=C(CCNC(=O)N[C@@H](CO)C(=O)O)NC1CC1. The lowest BCUT2D eigenvalue weighted by atomic mass is 10.3. The van der Waals surface area contributed by atoms with E-state index in [4.69, 9.17) is 10.2 Å². The molecule has 0 spiro atoms. The van der Waals surface area contributed by atoms with Crippen LogP contribution < -0.4 is 16.0 Å². The molecule has 5 N–H and O–H groups in total. The van der Waals surface area contributed by atoms with E-state index < -0.39 is 24.6 Å². The monoisotopic (exact) mass is 259 g/mol. The van der Waals surface area contributed by atoms with Crippen molar-refractivity contribution in [3.8, 4) is 0 Å². The van der Waals surface area contributed by atoms with Crippen molar-refractivity contribution in [2.75, 3.05) is 13.2 Å². The summed E-state index contributed by atoms with van der Waals surface area (Å²) in [5.41, 5.74) is 0. The fraction of sp³-hybridized carbons (Fsp3) is 0.700. The van der Waals surface area contributed by atoms with Crippen LogP contribution in [0.5, 0.6) is 0 Å². The highest BCUT2D eigenvalue weighted by molar-refractivity contribution is 5.83. The molecule has 0 aliphatic heterocycles. The Bertz CT molecular complexity index is 329. The van der Waals surface area contributed by atoms with E-state index in [1.165, 1.54) is 0 Å². The summed E-state index contributed by atoms with van der Waals surface area (Å²) in [5, 5.41) is 24.4. The molecule has 0 aromatic rings. The van der Waals surface area contributed by atoms with Crippen LogP contribution in [0.2, 0.25) is 0 Å². The van der Waals surface area contributed by atoms with Crippen LogP contribution in [0.25, 0.3) is 0 Å². The third kappa shape index (κ3) is 5.48. The molecular weight excluding hydrogens is 242 g/mol. The predicted octanol–water partition coefficient (Wildman–Crippen LogP) is -1.60. The second-order valence-corrected chi connectivity index (χ2v) is 4.07. The van der Waals surface area contributed by atoms with Crippen LogP contribution in [0.15, 0.2) is 0 Å². The van der Waals surface area contributed by atoms with Gasteiger partial charge in [-0.15, -0.1) is 0 Å². The zero-order chi connectivity index (χ0) is 13.5. The first kappa shape index (κ1) is 14.2. The molecule has 1 atom stereocenters. The molecule has 0 heterocycles. The van der Waals surface area contributed by atoms with Gasteiger partial charge in [0.25, 0.3) is 0 Å². The average molecular weight is 259 g/mol. The lowest BCUT2D eigenvalue weighted by molar-refractivity contribution is -0.140. The van der Waals surface area contributed by atoms with Crippen LogP contribution in [-0.2, 0) is 9.59 Å². The zero-order valence-corrected chi connectivity index (χ0v) is 9.81. The number of carbonyl (C=O) groups excluding carboxylic acids is 2. The summed E-state index contributed by atoms with van der Waals surface area (Å²) >= 11 is 0. The minimum Gasteiger partial charge on any atom is -0.480 e. The van der Waals surface area contributed by atoms with E-state index in [9.17, 15) is 14.4 Å². The Hall–Kier alpha value is -1.83. The maximum absolute atomic E-state index is 11.2. The van der Waals surface area contributed by atoms with Gasteiger partial charge in [0.05, 0.1) is 6.61 Å². The summed E-state index contributed by atoms with van der Waals surface area (Å²) < 4.78 is 0. The second-order valence-electron chi connectivity index (χ2n) is 4.07. The molecule has 3 amide bonds. The summed E-state index contributed by atoms with van der Waals surface area (Å²) in [6.45, 7) is -0.576. The normalized spacial score (nSPS) is 15.6. The van der Waals surface area contributed by atoms with E-state index >= 15 is 0 Å². The lowest BCUT2D eigenvalue weighted by Crippen LogP contribution is -2.48. The van der Waals surface area contributed by atoms with E-state index in [1.54, 1.807) is 0 Å². The van der Waals surface area contributed by atoms with Gasteiger partial charge in [-0.1, -0.05) is 0 Å². The fourth-order valence-electron chi connectivity index (χ4n) is 1.21. The van der Waals surface area contributed by atoms with Crippen molar-refractivity contribution in [1.82, 2.24) is 16.0 Å². The Labute approximate surface area is 104 Å². The van der Waals surface area contributed by atoms with Crippen LogP contribution in [0.1, 0.15) is 19.3 Å². The van der Waals surface area contributed by atoms with E-state index in [1.807, 2.05) is 0 Å². The maximum Gasteiger partial charge on any atom is 0.328 e. The standard InChI is InChI=1S/C10H17N3O5/c14-5-7(9(16)17)13-10(18)11-4-3-8(15)12-6-1-2-6/h6-7,14H,1-5H2,(H,12,15)(H,16,17)(H2,11,13,18)/t7-/m0/s1. The number of carbonyl (C=O) groups is 3. The van der Waals surface area contributed by atoms with Gasteiger partial charge < -0.3 is 26.2 Å². The molecule has 0 aromatic heterocycles. The molecule has 0 saturated heterocycles. The molecule has 1 rings (SSSR count). The van der Waals surface area contributed by atoms with Crippen molar-refractivity contribution in [3.05, 3.63) is 0 Å². The first-order valence-corrected chi connectivity index (χ1v) is 5.70. The molecule has 18 heavy (non-hydrogen) atoms. The van der Waals surface area contributed by atoms with Crippen LogP contribution in [0.3, 0.4) is 0 Å². The highest BCUT2D eigenvalue weighted by Crippen LogP contribution is 2.18. The van der Waals surface area contributed by atoms with E-state index in [2.05, 4.69) is 16.0 Å². The molecule has 1 aliphatic carbocycles. The van der Waals surface area contributed by atoms with Crippen LogP contribution in [-0.4, -0.2) is 53.4 Å². The quantitative estimate of drug-likeness (QED) is 0.376. The molecule has 1 aliphatic rings. The second kappa shape index (κ2) is 6.80. The number of carboxylic acids is 1. The summed E-state index contributed by atoms with van der Waals surface area (Å²) in [4.78, 5) is 33.0. The van der Waals surface area contributed by atoms with Gasteiger partial charge in [0.2, 0.25) is 5.91 Å². The Morgan fingerprint density at radius 2 is 1.94 bits per heavy atom. The van der Waals surface area contributed by atoms with Gasteiger partial charge in [-0.05, 0) is 12.8 Å². The Morgan fingerprint density at radius 3 is 2.44 bits per heavy atom. The van der Waals surface area contributed by atoms with Gasteiger partial charge in [0.1, 0.15) is 0 Å². The minimum atomic E-state index is -1.34. The molecule has 102 valence electrons. The third-order valence-corrected chi connectivity index (χ3v) is 2.37. The smallest absolute Gasteiger partial charge is 0.328 e. The topological polar surface area (TPSA) is 128 Å². The number of aliphatic hydroxyl groups excluding tert-OH is 1. The summed E-state index contributed by atoms with van der Waals surface area (Å²) in [7, 11) is 0. The molecule has 8 heteroatoms. The van der Waals surface area contributed by atoms with Crippen molar-refractivity contribution in [1.29, 1.82) is 0 Å². The van der Waals surface area contributed by atoms with Crippen molar-refractivity contribution in [2.45, 2.75) is 31.3 Å². The molecule has 0 aromatic carbocycles. The highest BCUT2D eigenvalue weighted by Gasteiger charge is 2.23. The zero-order valence-electron chi connectivity index (χ0n) is 9.81. The first-order chi connectivity index (χ1) is 8.52. The number of carboxylic acid groups (broad SMARTS) is 1. The summed E-state index contributed by atoms with van der Waals surface area (Å²) in [6, 6.07) is -1.79. The Balaban J connectivity index is 2.11. The number of amides is 3. The first-order valence-electron chi connectivity index (χ1n) is 5.70. The predicted molar refractivity (Wildman–Crippen MR) is 60.8 cm³/mol. The number of hydrogen-bond donors (Lipinski definition) is 5. The Kier molecular flexibility index (Phi) is 5.37. The molecule has 1 fully saturated rings. The molecule has 1 saturated carbocycles. The number of nitrogens with one attached hydrogen (secondary N) is 3. The highest BCUT2D eigenvalue weighted by atomic mass is 16.4. The van der Waals surface area contributed by atoms with Gasteiger partial charge in [0.15, 0.2) is 6.04 Å². The van der Waals surface area contributed by atoms with Gasteiger partial charge in [0, 0.05) is 19.0 Å². The van der Waals surface area contributed by atoms with Crippen LogP contribution in [0, 0.1) is 0 Å². The molecular formula is C10H17N3O5. The van der Waals surface area contributed by atoms with Gasteiger partial charge in [-0.25, -0.2) is 9.59 Å². The van der Waals surface area contributed by atoms with Gasteiger partial charge in [-0.2, -0.15) is 0 Å². The largest absolute Gasteiger partial charge is 0.480 e. The summed E-state index contributed by atoms with van der Waals surface area (Å²) in [5.74, 6) is -1.46. The van der Waals surface area contributed by atoms with Crippen molar-refractivity contribution < 1.29 is 24.6 Å². The number of rotatable bonds is 7. The molecule has 8 nitrogen and oxygen atoms in total. The third-order valence-electron chi connectivity index (χ3n) is 2.37. The van der Waals surface area contributed by atoms with Gasteiger partial charge in [-0.3, -0.25) is 4.79 Å². The lowest BCUT2D eigenvalue weighted by Gasteiger charge is -2.12. The number of hydrogen-bond acceptors (Lipinski definition) is 4. The molecule has 0 radical (unpaired) electrons.